The Hall–Kier alpha value is -2.85. The van der Waals surface area contributed by atoms with Crippen molar-refractivity contribution in [1.29, 1.82) is 0 Å². The normalized spacial score (nSPS) is 15.6. The summed E-state index contributed by atoms with van der Waals surface area (Å²) in [6.45, 7) is 4.27. The summed E-state index contributed by atoms with van der Waals surface area (Å²) in [5, 5.41) is 13.6. The van der Waals surface area contributed by atoms with Gasteiger partial charge in [0, 0.05) is 28.8 Å². The Labute approximate surface area is 199 Å². The molecule has 1 aliphatic carbocycles. The van der Waals surface area contributed by atoms with Crippen molar-refractivity contribution < 1.29 is 14.3 Å². The highest BCUT2D eigenvalue weighted by Gasteiger charge is 2.25. The lowest BCUT2D eigenvalue weighted by atomic mass is 9.89. The summed E-state index contributed by atoms with van der Waals surface area (Å²) in [6.07, 6.45) is 3.34. The summed E-state index contributed by atoms with van der Waals surface area (Å²) in [6, 6.07) is 5.26. The topological polar surface area (TPSA) is 90.6 Å². The maximum absolute atomic E-state index is 12.6. The molecule has 1 amide bonds. The number of hydrogen-bond acceptors (Lipinski definition) is 8. The van der Waals surface area contributed by atoms with Gasteiger partial charge in [0.15, 0.2) is 10.8 Å². The van der Waals surface area contributed by atoms with Crippen LogP contribution in [0.3, 0.4) is 0 Å². The number of aryl methyl sites for hydroxylation is 2. The van der Waals surface area contributed by atoms with E-state index in [0.29, 0.717) is 28.3 Å². The average Bonchev–Trinajstić information content (AvgIpc) is 3.38. The van der Waals surface area contributed by atoms with Gasteiger partial charge in [0.1, 0.15) is 22.2 Å². The van der Waals surface area contributed by atoms with Gasteiger partial charge in [-0.25, -0.2) is 4.98 Å². The van der Waals surface area contributed by atoms with Crippen molar-refractivity contribution in [3.63, 3.8) is 0 Å². The lowest BCUT2D eigenvalue weighted by Gasteiger charge is -2.17. The Morgan fingerprint density at radius 1 is 1.24 bits per heavy atom. The van der Waals surface area contributed by atoms with Gasteiger partial charge in [-0.1, -0.05) is 18.7 Å². The highest BCUT2D eigenvalue weighted by molar-refractivity contribution is 7.99. The zero-order valence-electron chi connectivity index (χ0n) is 19.0. The number of thiophene rings is 1. The van der Waals surface area contributed by atoms with Crippen LogP contribution in [0.1, 0.15) is 29.6 Å². The van der Waals surface area contributed by atoms with Crippen molar-refractivity contribution in [3.05, 3.63) is 34.5 Å². The molecule has 33 heavy (non-hydrogen) atoms. The Morgan fingerprint density at radius 3 is 2.73 bits per heavy atom. The van der Waals surface area contributed by atoms with E-state index >= 15 is 0 Å². The second-order valence-corrected chi connectivity index (χ2v) is 10.3. The Bertz CT molecular complexity index is 1340. The number of carbonyl (C=O) groups excluding carboxylic acids is 1. The van der Waals surface area contributed by atoms with Crippen molar-refractivity contribution in [2.45, 2.75) is 38.3 Å². The van der Waals surface area contributed by atoms with E-state index in [1.165, 1.54) is 28.6 Å². The van der Waals surface area contributed by atoms with Gasteiger partial charge in [-0.3, -0.25) is 9.20 Å². The summed E-state index contributed by atoms with van der Waals surface area (Å²) in [5.74, 6) is 2.79. The van der Waals surface area contributed by atoms with Gasteiger partial charge >= 0.3 is 0 Å². The van der Waals surface area contributed by atoms with Crippen LogP contribution in [0, 0.1) is 12.8 Å². The Balaban J connectivity index is 1.39. The molecule has 3 aromatic heterocycles. The quantitative estimate of drug-likeness (QED) is 0.403. The van der Waals surface area contributed by atoms with E-state index in [1.54, 1.807) is 43.8 Å². The molecule has 1 unspecified atom stereocenters. The standard InChI is InChI=1S/C23H25N5O3S2/c1-12-5-6-17-18(7-12)33-22-20(17)21-26-27-23(28(21)13(2)24-22)32-11-19(29)25-14-8-15(30-3)10-16(9-14)31-4/h8-10,12H,5-7,11H2,1-4H3,(H,25,29). The molecule has 4 aromatic rings. The summed E-state index contributed by atoms with van der Waals surface area (Å²) in [5.41, 5.74) is 2.82. The number of methoxy groups -OCH3 is 2. The number of benzene rings is 1. The number of nitrogens with zero attached hydrogens (tertiary/aromatic N) is 4. The van der Waals surface area contributed by atoms with Gasteiger partial charge in [0.2, 0.25) is 5.91 Å². The first-order valence-corrected chi connectivity index (χ1v) is 12.6. The van der Waals surface area contributed by atoms with Gasteiger partial charge < -0.3 is 14.8 Å². The number of fused-ring (bicyclic) bond motifs is 5. The molecule has 3 heterocycles. The summed E-state index contributed by atoms with van der Waals surface area (Å²) < 4.78 is 12.5. The highest BCUT2D eigenvalue weighted by atomic mass is 32.2. The average molecular weight is 484 g/mol. The van der Waals surface area contributed by atoms with E-state index in [0.717, 1.165) is 34.5 Å². The summed E-state index contributed by atoms with van der Waals surface area (Å²) in [4.78, 5) is 20.0. The lowest BCUT2D eigenvalue weighted by molar-refractivity contribution is -0.113. The fourth-order valence-electron chi connectivity index (χ4n) is 4.27. The van der Waals surface area contributed by atoms with Gasteiger partial charge in [-0.05, 0) is 37.7 Å². The molecule has 1 aliphatic rings. The van der Waals surface area contributed by atoms with Crippen molar-refractivity contribution in [2.24, 2.45) is 5.92 Å². The van der Waals surface area contributed by atoms with Crippen LogP contribution in [0.25, 0.3) is 15.9 Å². The number of nitrogens with one attached hydrogen (secondary N) is 1. The van der Waals surface area contributed by atoms with Crippen LogP contribution in [-0.4, -0.2) is 45.5 Å². The molecule has 0 aliphatic heterocycles. The molecule has 5 rings (SSSR count). The number of aromatic nitrogens is 4. The SMILES string of the molecule is COc1cc(NC(=O)CSc2nnc3c4c5c(sc4nc(C)n23)CC(C)CC5)cc(OC)c1. The number of ether oxygens (including phenoxy) is 2. The second-order valence-electron chi connectivity index (χ2n) is 8.27. The molecule has 0 saturated carbocycles. The first kappa shape index (κ1) is 22.0. The van der Waals surface area contributed by atoms with Crippen molar-refractivity contribution >= 4 is 50.6 Å². The number of amides is 1. The van der Waals surface area contributed by atoms with Crippen LogP contribution in [0.2, 0.25) is 0 Å². The van der Waals surface area contributed by atoms with Crippen LogP contribution >= 0.6 is 23.1 Å². The molecule has 1 N–H and O–H groups in total. The number of rotatable bonds is 6. The third kappa shape index (κ3) is 4.13. The number of hydrogen-bond donors (Lipinski definition) is 1. The van der Waals surface area contributed by atoms with Crippen molar-refractivity contribution in [2.75, 3.05) is 25.3 Å². The molecule has 10 heteroatoms. The van der Waals surface area contributed by atoms with E-state index in [2.05, 4.69) is 22.4 Å². The number of thioether (sulfide) groups is 1. The minimum absolute atomic E-state index is 0.152. The molecular weight excluding hydrogens is 458 g/mol. The molecule has 172 valence electrons. The lowest BCUT2D eigenvalue weighted by Crippen LogP contribution is -2.14. The van der Waals surface area contributed by atoms with Gasteiger partial charge in [-0.2, -0.15) is 0 Å². The minimum atomic E-state index is -0.152. The predicted octanol–water partition coefficient (Wildman–Crippen LogP) is 4.52. The maximum atomic E-state index is 12.6. The van der Waals surface area contributed by atoms with E-state index in [9.17, 15) is 4.79 Å². The molecule has 8 nitrogen and oxygen atoms in total. The van der Waals surface area contributed by atoms with Gasteiger partial charge in [0.05, 0.1) is 25.4 Å². The fourth-order valence-corrected chi connectivity index (χ4v) is 6.47. The first-order chi connectivity index (χ1) is 16.0. The highest BCUT2D eigenvalue weighted by Crippen LogP contribution is 2.39. The first-order valence-electron chi connectivity index (χ1n) is 10.8. The zero-order valence-corrected chi connectivity index (χ0v) is 20.6. The Morgan fingerprint density at radius 2 is 2.00 bits per heavy atom. The third-order valence-corrected chi connectivity index (χ3v) is 7.98. The van der Waals surface area contributed by atoms with E-state index in [-0.39, 0.29) is 11.7 Å². The molecule has 0 bridgehead atoms. The van der Waals surface area contributed by atoms with E-state index < -0.39 is 0 Å². The molecular formula is C23H25N5O3S2. The monoisotopic (exact) mass is 483 g/mol. The van der Waals surface area contributed by atoms with Gasteiger partial charge in [-0.15, -0.1) is 21.5 Å². The molecule has 1 atom stereocenters. The molecule has 0 fully saturated rings. The Kier molecular flexibility index (Phi) is 5.88. The van der Waals surface area contributed by atoms with Crippen molar-refractivity contribution in [3.8, 4) is 11.5 Å². The van der Waals surface area contributed by atoms with Crippen molar-refractivity contribution in [1.82, 2.24) is 19.6 Å². The largest absolute Gasteiger partial charge is 0.497 e. The fraction of sp³-hybridized carbons (Fsp3) is 0.391. The van der Waals surface area contributed by atoms with Crippen LogP contribution in [0.15, 0.2) is 23.4 Å². The maximum Gasteiger partial charge on any atom is 0.234 e. The van der Waals surface area contributed by atoms with Crippen LogP contribution in [-0.2, 0) is 17.6 Å². The number of carbonyl (C=O) groups is 1. The number of anilines is 1. The zero-order chi connectivity index (χ0) is 23.1. The molecule has 1 aromatic carbocycles. The summed E-state index contributed by atoms with van der Waals surface area (Å²) in [7, 11) is 3.15. The van der Waals surface area contributed by atoms with E-state index in [1.807, 2.05) is 11.3 Å². The van der Waals surface area contributed by atoms with E-state index in [4.69, 9.17) is 14.5 Å². The molecule has 0 radical (unpaired) electrons. The predicted molar refractivity (Wildman–Crippen MR) is 131 cm³/mol. The second kappa shape index (κ2) is 8.83. The summed E-state index contributed by atoms with van der Waals surface area (Å²) >= 11 is 3.13. The van der Waals surface area contributed by atoms with Crippen LogP contribution in [0.5, 0.6) is 11.5 Å². The van der Waals surface area contributed by atoms with Crippen LogP contribution in [0.4, 0.5) is 5.69 Å². The van der Waals surface area contributed by atoms with Crippen LogP contribution < -0.4 is 14.8 Å². The smallest absolute Gasteiger partial charge is 0.234 e. The molecule has 0 saturated heterocycles. The minimum Gasteiger partial charge on any atom is -0.497 e. The molecule has 0 spiro atoms. The van der Waals surface area contributed by atoms with Gasteiger partial charge in [0.25, 0.3) is 0 Å². The third-order valence-electron chi connectivity index (χ3n) is 5.90.